The zero-order chi connectivity index (χ0) is 19.9. The average molecular weight is 403 g/mol. The van der Waals surface area contributed by atoms with E-state index >= 15 is 0 Å². The van der Waals surface area contributed by atoms with Crippen molar-refractivity contribution in [3.8, 4) is 0 Å². The number of amides is 1. The lowest BCUT2D eigenvalue weighted by Crippen LogP contribution is -2.44. The van der Waals surface area contributed by atoms with Crippen LogP contribution < -0.4 is 15.1 Å². The van der Waals surface area contributed by atoms with Gasteiger partial charge in [-0.15, -0.1) is 0 Å². The number of hydrogen-bond donors (Lipinski definition) is 1. The Morgan fingerprint density at radius 1 is 1.03 bits per heavy atom. The molecule has 0 bridgehead atoms. The van der Waals surface area contributed by atoms with Crippen molar-refractivity contribution < 1.29 is 9.53 Å². The van der Waals surface area contributed by atoms with Crippen molar-refractivity contribution in [1.82, 2.24) is 20.2 Å². The molecule has 4 heterocycles. The highest BCUT2D eigenvalue weighted by Crippen LogP contribution is 2.31. The minimum Gasteiger partial charge on any atom is -0.379 e. The van der Waals surface area contributed by atoms with Gasteiger partial charge in [0.1, 0.15) is 6.33 Å². The standard InChI is InChI=1S/C21H34N6O2/c28-21(23-6-11-25-12-14-29-15-13-25)18-4-9-26(10-5-18)19-16-22-17-24-20(19)27-7-2-1-3-8-27/h16-18H,1-15H2,(H,23,28). The highest BCUT2D eigenvalue weighted by atomic mass is 16.5. The van der Waals surface area contributed by atoms with Gasteiger partial charge in [-0.3, -0.25) is 9.69 Å². The third-order valence-corrected chi connectivity index (χ3v) is 6.37. The molecular formula is C21H34N6O2. The molecule has 1 amide bonds. The maximum absolute atomic E-state index is 12.6. The summed E-state index contributed by atoms with van der Waals surface area (Å²) in [5.74, 6) is 1.38. The molecule has 8 heteroatoms. The molecule has 29 heavy (non-hydrogen) atoms. The Hall–Kier alpha value is -1.93. The summed E-state index contributed by atoms with van der Waals surface area (Å²) in [5.41, 5.74) is 1.13. The monoisotopic (exact) mass is 402 g/mol. The SMILES string of the molecule is O=C(NCCN1CCOCC1)C1CCN(c2cncnc2N2CCCCC2)CC1. The Morgan fingerprint density at radius 2 is 1.79 bits per heavy atom. The van der Waals surface area contributed by atoms with Gasteiger partial charge in [-0.1, -0.05) is 0 Å². The van der Waals surface area contributed by atoms with Crippen molar-refractivity contribution >= 4 is 17.4 Å². The van der Waals surface area contributed by atoms with Crippen molar-refractivity contribution in [2.45, 2.75) is 32.1 Å². The molecule has 0 aliphatic carbocycles. The lowest BCUT2D eigenvalue weighted by atomic mass is 9.95. The molecule has 3 aliphatic heterocycles. The number of piperidine rings is 2. The van der Waals surface area contributed by atoms with Crippen LogP contribution in [0.5, 0.6) is 0 Å². The van der Waals surface area contributed by atoms with E-state index in [1.165, 1.54) is 19.3 Å². The first kappa shape index (κ1) is 20.3. The fourth-order valence-corrected chi connectivity index (χ4v) is 4.58. The Morgan fingerprint density at radius 3 is 2.55 bits per heavy atom. The molecule has 0 aromatic carbocycles. The summed E-state index contributed by atoms with van der Waals surface area (Å²) in [4.78, 5) is 28.6. The molecular weight excluding hydrogens is 368 g/mol. The highest BCUT2D eigenvalue weighted by molar-refractivity contribution is 5.79. The van der Waals surface area contributed by atoms with Crippen LogP contribution in [0.1, 0.15) is 32.1 Å². The first-order valence-corrected chi connectivity index (χ1v) is 11.2. The largest absolute Gasteiger partial charge is 0.379 e. The van der Waals surface area contributed by atoms with Crippen LogP contribution in [-0.4, -0.2) is 86.3 Å². The van der Waals surface area contributed by atoms with Gasteiger partial charge in [-0.25, -0.2) is 9.97 Å². The molecule has 0 saturated carbocycles. The second kappa shape index (κ2) is 10.2. The van der Waals surface area contributed by atoms with Gasteiger partial charge in [0.05, 0.1) is 25.1 Å². The minimum absolute atomic E-state index is 0.110. The van der Waals surface area contributed by atoms with E-state index in [0.717, 1.165) is 89.9 Å². The van der Waals surface area contributed by atoms with Gasteiger partial charge >= 0.3 is 0 Å². The number of carbonyl (C=O) groups excluding carboxylic acids is 1. The Balaban J connectivity index is 1.25. The number of carbonyl (C=O) groups is 1. The lowest BCUT2D eigenvalue weighted by molar-refractivity contribution is -0.125. The molecule has 0 unspecified atom stereocenters. The summed E-state index contributed by atoms with van der Waals surface area (Å²) in [6.45, 7) is 9.09. The van der Waals surface area contributed by atoms with Gasteiger partial charge in [-0.05, 0) is 32.1 Å². The molecule has 1 aromatic heterocycles. The predicted octanol–water partition coefficient (Wildman–Crippen LogP) is 1.13. The van der Waals surface area contributed by atoms with Crippen molar-refractivity contribution in [2.75, 3.05) is 75.4 Å². The second-order valence-electron chi connectivity index (χ2n) is 8.29. The number of nitrogens with one attached hydrogen (secondary N) is 1. The van der Waals surface area contributed by atoms with E-state index in [0.29, 0.717) is 0 Å². The van der Waals surface area contributed by atoms with Crippen LogP contribution in [0.15, 0.2) is 12.5 Å². The molecule has 160 valence electrons. The van der Waals surface area contributed by atoms with Gasteiger partial charge in [0, 0.05) is 58.3 Å². The zero-order valence-electron chi connectivity index (χ0n) is 17.4. The second-order valence-corrected chi connectivity index (χ2v) is 8.29. The Kier molecular flexibility index (Phi) is 7.16. The molecule has 0 radical (unpaired) electrons. The van der Waals surface area contributed by atoms with Crippen LogP contribution in [-0.2, 0) is 9.53 Å². The van der Waals surface area contributed by atoms with E-state index in [1.807, 2.05) is 6.20 Å². The summed E-state index contributed by atoms with van der Waals surface area (Å²) >= 11 is 0. The quantitative estimate of drug-likeness (QED) is 0.765. The molecule has 8 nitrogen and oxygen atoms in total. The van der Waals surface area contributed by atoms with Crippen molar-refractivity contribution in [2.24, 2.45) is 5.92 Å². The van der Waals surface area contributed by atoms with Gasteiger partial charge in [-0.2, -0.15) is 0 Å². The number of aromatic nitrogens is 2. The Labute approximate surface area is 173 Å². The smallest absolute Gasteiger partial charge is 0.223 e. The van der Waals surface area contributed by atoms with E-state index < -0.39 is 0 Å². The van der Waals surface area contributed by atoms with Crippen LogP contribution in [0.25, 0.3) is 0 Å². The first-order valence-electron chi connectivity index (χ1n) is 11.2. The molecule has 3 saturated heterocycles. The minimum atomic E-state index is 0.110. The van der Waals surface area contributed by atoms with Crippen LogP contribution in [0.3, 0.4) is 0 Å². The van der Waals surface area contributed by atoms with Crippen molar-refractivity contribution in [1.29, 1.82) is 0 Å². The Bertz CT molecular complexity index is 652. The molecule has 1 aromatic rings. The van der Waals surface area contributed by atoms with Gasteiger partial charge in [0.25, 0.3) is 0 Å². The molecule has 1 N–H and O–H groups in total. The first-order chi connectivity index (χ1) is 14.3. The van der Waals surface area contributed by atoms with Crippen LogP contribution in [0.4, 0.5) is 11.5 Å². The molecule has 3 aliphatic rings. The molecule has 4 rings (SSSR count). The van der Waals surface area contributed by atoms with E-state index in [9.17, 15) is 4.79 Å². The average Bonchev–Trinajstić information content (AvgIpc) is 2.80. The van der Waals surface area contributed by atoms with Crippen molar-refractivity contribution in [3.05, 3.63) is 12.5 Å². The number of morpholine rings is 1. The normalized spacial score (nSPS) is 21.9. The third-order valence-electron chi connectivity index (χ3n) is 6.37. The number of nitrogens with zero attached hydrogens (tertiary/aromatic N) is 5. The van der Waals surface area contributed by atoms with E-state index in [1.54, 1.807) is 6.33 Å². The maximum Gasteiger partial charge on any atom is 0.223 e. The number of ether oxygens (including phenoxy) is 1. The van der Waals surface area contributed by atoms with E-state index in [4.69, 9.17) is 4.74 Å². The molecule has 0 spiro atoms. The lowest BCUT2D eigenvalue weighted by Gasteiger charge is -2.36. The summed E-state index contributed by atoms with van der Waals surface area (Å²) in [5, 5.41) is 3.14. The summed E-state index contributed by atoms with van der Waals surface area (Å²) < 4.78 is 5.37. The third kappa shape index (κ3) is 5.36. The van der Waals surface area contributed by atoms with Gasteiger partial charge < -0.3 is 19.9 Å². The topological polar surface area (TPSA) is 73.8 Å². The summed E-state index contributed by atoms with van der Waals surface area (Å²) in [6, 6.07) is 0. The number of hydrogen-bond acceptors (Lipinski definition) is 7. The fourth-order valence-electron chi connectivity index (χ4n) is 4.58. The molecule has 0 atom stereocenters. The van der Waals surface area contributed by atoms with Gasteiger partial charge in [0.2, 0.25) is 5.91 Å². The zero-order valence-corrected chi connectivity index (χ0v) is 17.4. The van der Waals surface area contributed by atoms with Crippen LogP contribution in [0.2, 0.25) is 0 Å². The maximum atomic E-state index is 12.6. The number of anilines is 2. The van der Waals surface area contributed by atoms with E-state index in [-0.39, 0.29) is 11.8 Å². The van der Waals surface area contributed by atoms with Gasteiger partial charge in [0.15, 0.2) is 5.82 Å². The van der Waals surface area contributed by atoms with E-state index in [2.05, 4.69) is 30.0 Å². The fraction of sp³-hybridized carbons (Fsp3) is 0.762. The van der Waals surface area contributed by atoms with Crippen LogP contribution >= 0.6 is 0 Å². The number of rotatable bonds is 6. The molecule has 3 fully saturated rings. The van der Waals surface area contributed by atoms with Crippen molar-refractivity contribution in [3.63, 3.8) is 0 Å². The highest BCUT2D eigenvalue weighted by Gasteiger charge is 2.27. The predicted molar refractivity (Wildman–Crippen MR) is 113 cm³/mol. The summed E-state index contributed by atoms with van der Waals surface area (Å²) in [7, 11) is 0. The summed E-state index contributed by atoms with van der Waals surface area (Å²) in [6.07, 6.45) is 9.15. The van der Waals surface area contributed by atoms with Crippen LogP contribution in [0, 0.1) is 5.92 Å².